The summed E-state index contributed by atoms with van der Waals surface area (Å²) in [5.74, 6) is -3.09. The maximum atomic E-state index is 12.4. The Morgan fingerprint density at radius 1 is 1.00 bits per heavy atom. The Kier molecular flexibility index (Phi) is 7.63. The molecular formula is C11H20F2O. The molecule has 84 valence electrons. The molecule has 0 fully saturated rings. The van der Waals surface area contributed by atoms with Gasteiger partial charge in [-0.25, -0.2) is 0 Å². The van der Waals surface area contributed by atoms with Crippen molar-refractivity contribution in [3.63, 3.8) is 0 Å². The third kappa shape index (κ3) is 8.14. The molecule has 0 aliphatic carbocycles. The second kappa shape index (κ2) is 7.89. The Labute approximate surface area is 84.9 Å². The number of aldehydes is 1. The summed E-state index contributed by atoms with van der Waals surface area (Å²) in [6.07, 6.45) is 6.49. The number of alkyl halides is 2. The van der Waals surface area contributed by atoms with Gasteiger partial charge in [0.25, 0.3) is 0 Å². The van der Waals surface area contributed by atoms with Crippen LogP contribution < -0.4 is 0 Å². The molecule has 0 aromatic heterocycles. The predicted molar refractivity (Wildman–Crippen MR) is 53.6 cm³/mol. The summed E-state index contributed by atoms with van der Waals surface area (Å²) in [6, 6.07) is 0. The quantitative estimate of drug-likeness (QED) is 0.412. The van der Waals surface area contributed by atoms with E-state index in [4.69, 9.17) is 0 Å². The summed E-state index contributed by atoms with van der Waals surface area (Å²) in [6.45, 7) is 2.14. The molecule has 0 aliphatic heterocycles. The van der Waals surface area contributed by atoms with E-state index in [0.29, 0.717) is 6.42 Å². The normalized spacial score (nSPS) is 11.6. The highest BCUT2D eigenvalue weighted by atomic mass is 19.3. The average Bonchev–Trinajstić information content (AvgIpc) is 2.16. The first-order chi connectivity index (χ1) is 6.62. The highest BCUT2D eigenvalue weighted by Gasteiger charge is 2.26. The fourth-order valence-corrected chi connectivity index (χ4v) is 1.38. The molecule has 0 amide bonds. The third-order valence-electron chi connectivity index (χ3n) is 2.29. The van der Waals surface area contributed by atoms with Crippen LogP contribution in [-0.2, 0) is 4.79 Å². The van der Waals surface area contributed by atoms with Crippen molar-refractivity contribution in [2.24, 2.45) is 0 Å². The molecule has 0 N–H and O–H groups in total. The molecule has 0 saturated carbocycles. The third-order valence-corrected chi connectivity index (χ3v) is 2.29. The fraction of sp³-hybridized carbons (Fsp3) is 0.909. The minimum atomic E-state index is -3.09. The maximum absolute atomic E-state index is 12.4. The standard InChI is InChI=1S/C11H20F2O/c1-2-3-4-5-6-7-8-9-11(12,13)10-14/h10H,2-9H2,1H3. The number of carbonyl (C=O) groups is 1. The predicted octanol–water partition coefficient (Wildman–Crippen LogP) is 3.96. The van der Waals surface area contributed by atoms with Gasteiger partial charge in [-0.2, -0.15) is 8.78 Å². The SMILES string of the molecule is CCCCCCCCCC(F)(F)C=O. The lowest BCUT2D eigenvalue weighted by atomic mass is 10.1. The topological polar surface area (TPSA) is 17.1 Å². The Balaban J connectivity index is 3.17. The Bertz CT molecular complexity index is 146. The summed E-state index contributed by atoms with van der Waals surface area (Å²) in [5, 5.41) is 0. The van der Waals surface area contributed by atoms with Crippen LogP contribution in [0, 0.1) is 0 Å². The van der Waals surface area contributed by atoms with E-state index in [1.54, 1.807) is 0 Å². The lowest BCUT2D eigenvalue weighted by Gasteiger charge is -2.07. The molecule has 0 aromatic rings. The van der Waals surface area contributed by atoms with Crippen molar-refractivity contribution in [1.82, 2.24) is 0 Å². The zero-order valence-electron chi connectivity index (χ0n) is 8.90. The smallest absolute Gasteiger partial charge is 0.297 e. The van der Waals surface area contributed by atoms with Crippen LogP contribution in [0.15, 0.2) is 0 Å². The summed E-state index contributed by atoms with van der Waals surface area (Å²) in [7, 11) is 0. The van der Waals surface area contributed by atoms with Crippen LogP contribution in [0.4, 0.5) is 8.78 Å². The second-order valence-corrected chi connectivity index (χ2v) is 3.75. The minimum absolute atomic E-state index is 0.246. The number of unbranched alkanes of at least 4 members (excludes halogenated alkanes) is 6. The molecule has 3 heteroatoms. The Morgan fingerprint density at radius 2 is 1.50 bits per heavy atom. The first-order valence-electron chi connectivity index (χ1n) is 5.46. The molecular weight excluding hydrogens is 186 g/mol. The van der Waals surface area contributed by atoms with E-state index in [2.05, 4.69) is 6.92 Å². The number of hydrogen-bond acceptors (Lipinski definition) is 1. The maximum Gasteiger partial charge on any atom is 0.302 e. The van der Waals surface area contributed by atoms with Crippen molar-refractivity contribution in [2.45, 2.75) is 64.2 Å². The first kappa shape index (κ1) is 13.5. The van der Waals surface area contributed by atoms with Gasteiger partial charge in [-0.3, -0.25) is 4.79 Å². The van der Waals surface area contributed by atoms with Crippen LogP contribution >= 0.6 is 0 Å². The Hall–Kier alpha value is -0.470. The highest BCUT2D eigenvalue weighted by molar-refractivity contribution is 5.59. The van der Waals surface area contributed by atoms with Crippen LogP contribution in [0.5, 0.6) is 0 Å². The van der Waals surface area contributed by atoms with Crippen molar-refractivity contribution < 1.29 is 13.6 Å². The molecule has 14 heavy (non-hydrogen) atoms. The van der Waals surface area contributed by atoms with E-state index < -0.39 is 5.92 Å². The van der Waals surface area contributed by atoms with Crippen LogP contribution in [0.1, 0.15) is 58.3 Å². The van der Waals surface area contributed by atoms with Gasteiger partial charge >= 0.3 is 5.92 Å². The molecule has 0 atom stereocenters. The molecule has 0 bridgehead atoms. The zero-order chi connectivity index (χ0) is 10.9. The van der Waals surface area contributed by atoms with Crippen LogP contribution in [0.2, 0.25) is 0 Å². The number of hydrogen-bond donors (Lipinski definition) is 0. The lowest BCUT2D eigenvalue weighted by Crippen LogP contribution is -2.16. The van der Waals surface area contributed by atoms with E-state index in [9.17, 15) is 13.6 Å². The van der Waals surface area contributed by atoms with Crippen molar-refractivity contribution in [3.8, 4) is 0 Å². The number of carbonyl (C=O) groups excluding carboxylic acids is 1. The number of rotatable bonds is 9. The summed E-state index contributed by atoms with van der Waals surface area (Å²) in [4.78, 5) is 9.88. The van der Waals surface area contributed by atoms with Crippen molar-refractivity contribution in [2.75, 3.05) is 0 Å². The van der Waals surface area contributed by atoms with Gasteiger partial charge in [0, 0.05) is 6.42 Å². The summed E-state index contributed by atoms with van der Waals surface area (Å²) < 4.78 is 24.8. The van der Waals surface area contributed by atoms with E-state index in [0.717, 1.165) is 19.3 Å². The lowest BCUT2D eigenvalue weighted by molar-refractivity contribution is -0.130. The molecule has 0 unspecified atom stereocenters. The van der Waals surface area contributed by atoms with Gasteiger partial charge in [0.2, 0.25) is 0 Å². The van der Waals surface area contributed by atoms with Crippen molar-refractivity contribution in [3.05, 3.63) is 0 Å². The minimum Gasteiger partial charge on any atom is -0.297 e. The second-order valence-electron chi connectivity index (χ2n) is 3.75. The first-order valence-corrected chi connectivity index (χ1v) is 5.46. The van der Waals surface area contributed by atoms with Crippen LogP contribution in [0.3, 0.4) is 0 Å². The van der Waals surface area contributed by atoms with Crippen molar-refractivity contribution in [1.29, 1.82) is 0 Å². The summed E-state index contributed by atoms with van der Waals surface area (Å²) >= 11 is 0. The van der Waals surface area contributed by atoms with E-state index >= 15 is 0 Å². The molecule has 0 rings (SSSR count). The van der Waals surface area contributed by atoms with Gasteiger partial charge in [-0.1, -0.05) is 45.4 Å². The van der Waals surface area contributed by atoms with Gasteiger partial charge < -0.3 is 0 Å². The zero-order valence-corrected chi connectivity index (χ0v) is 8.90. The molecule has 0 aromatic carbocycles. The molecule has 0 spiro atoms. The monoisotopic (exact) mass is 206 g/mol. The van der Waals surface area contributed by atoms with Crippen LogP contribution in [0.25, 0.3) is 0 Å². The van der Waals surface area contributed by atoms with Gasteiger partial charge in [0.15, 0.2) is 6.29 Å². The van der Waals surface area contributed by atoms with Gasteiger partial charge in [-0.15, -0.1) is 0 Å². The van der Waals surface area contributed by atoms with E-state index in [-0.39, 0.29) is 12.7 Å². The largest absolute Gasteiger partial charge is 0.302 e. The molecule has 0 aliphatic rings. The van der Waals surface area contributed by atoms with Gasteiger partial charge in [0.1, 0.15) is 0 Å². The van der Waals surface area contributed by atoms with Gasteiger partial charge in [-0.05, 0) is 6.42 Å². The fourth-order valence-electron chi connectivity index (χ4n) is 1.38. The van der Waals surface area contributed by atoms with E-state index in [1.165, 1.54) is 19.3 Å². The summed E-state index contributed by atoms with van der Waals surface area (Å²) in [5.41, 5.74) is 0. The molecule has 0 radical (unpaired) electrons. The molecule has 1 nitrogen and oxygen atoms in total. The molecule has 0 heterocycles. The van der Waals surface area contributed by atoms with Crippen LogP contribution in [-0.4, -0.2) is 12.2 Å². The van der Waals surface area contributed by atoms with Gasteiger partial charge in [0.05, 0.1) is 0 Å². The Morgan fingerprint density at radius 3 is 2.00 bits per heavy atom. The van der Waals surface area contributed by atoms with E-state index in [1.807, 2.05) is 0 Å². The average molecular weight is 206 g/mol. The van der Waals surface area contributed by atoms with Crippen molar-refractivity contribution >= 4 is 6.29 Å². The highest BCUT2D eigenvalue weighted by Crippen LogP contribution is 2.19. The molecule has 0 saturated heterocycles. The number of halogens is 2.